The quantitative estimate of drug-likeness (QED) is 0.157. The van der Waals surface area contributed by atoms with E-state index in [0.29, 0.717) is 0 Å². The molecule has 16 aromatic rings. The lowest BCUT2D eigenvalue weighted by molar-refractivity contribution is 0.580. The van der Waals surface area contributed by atoms with E-state index in [1.807, 2.05) is 78.5 Å². The monoisotopic (exact) mass is 1200 g/mol. The first-order chi connectivity index (χ1) is 45.7. The summed E-state index contributed by atoms with van der Waals surface area (Å²) < 4.78 is 26.7. The molecule has 0 radical (unpaired) electrons. The lowest BCUT2D eigenvalue weighted by atomic mass is 9.61. The number of aromatic nitrogens is 3. The zero-order valence-corrected chi connectivity index (χ0v) is 49.7. The first-order valence-electron chi connectivity index (χ1n) is 30.7. The third-order valence-corrected chi connectivity index (χ3v) is 19.9. The molecule has 6 aliphatic rings. The highest BCUT2D eigenvalue weighted by Gasteiger charge is 2.53. The standard InChI is InChI=1S/C27H16BN3O2.C27H16BN3OS.C21H14BN3O/c1-4-13-24-17(7-1)18-8-5-12-22(26(18)33-24)30-20-10-2-3-11-21(20)31-23-14-16-32-27(23)25-19(28(30)31)9-6-15-29-25;1-4-13-24-17(7-1)18-8-5-12-23(27(18)33-24)31-21-11-3-2-10-20(21)30-22-14-16-32-26(22)25-19(28(30)31)9-6-15-29-25;1-2-7-15(8-3-1)24-17-10-4-5-11-18(17)25-19-12-14-26-21(19)20-16(22(24)25)9-6-13-23-20/h2*1-16H;1-14H. The van der Waals surface area contributed by atoms with Crippen LogP contribution in [0.4, 0.5) is 68.2 Å². The Hall–Kier alpha value is -11.9. The summed E-state index contributed by atoms with van der Waals surface area (Å²) >= 11 is 1.86. The number of hydrogen-bond acceptors (Lipinski definition) is 14. The van der Waals surface area contributed by atoms with Crippen LogP contribution >= 0.6 is 11.3 Å². The van der Waals surface area contributed by atoms with E-state index in [0.717, 1.165) is 113 Å². The van der Waals surface area contributed by atoms with Crippen LogP contribution in [0.5, 0.6) is 0 Å². The number of furan rings is 4. The van der Waals surface area contributed by atoms with Crippen LogP contribution in [0, 0.1) is 0 Å². The maximum Gasteiger partial charge on any atom is 0.423 e. The predicted octanol–water partition coefficient (Wildman–Crippen LogP) is 17.3. The maximum absolute atomic E-state index is 6.44. The largest absolute Gasteiger partial charge is 0.461 e. The van der Waals surface area contributed by atoms with E-state index in [9.17, 15) is 0 Å². The first-order valence-corrected chi connectivity index (χ1v) is 31.5. The molecule has 17 heteroatoms. The second-order valence-electron chi connectivity index (χ2n) is 23.4. The van der Waals surface area contributed by atoms with Gasteiger partial charge in [-0.3, -0.25) is 15.0 Å². The van der Waals surface area contributed by atoms with Crippen molar-refractivity contribution in [2.45, 2.75) is 0 Å². The summed E-state index contributed by atoms with van der Waals surface area (Å²) in [6.07, 6.45) is 10.8. The van der Waals surface area contributed by atoms with Gasteiger partial charge in [0.05, 0.1) is 80.4 Å². The normalized spacial score (nSPS) is 13.9. The van der Waals surface area contributed by atoms with E-state index in [4.69, 9.17) is 27.6 Å². The molecule has 0 fully saturated rings. The highest BCUT2D eigenvalue weighted by Crippen LogP contribution is 2.56. The number of fused-ring (bicyclic) bond motifs is 30. The highest BCUT2D eigenvalue weighted by atomic mass is 32.1. The van der Waals surface area contributed by atoms with Crippen LogP contribution in [0.3, 0.4) is 0 Å². The molecule has 0 aliphatic carbocycles. The first kappa shape index (κ1) is 51.0. The smallest absolute Gasteiger partial charge is 0.423 e. The van der Waals surface area contributed by atoms with E-state index in [1.54, 1.807) is 18.8 Å². The molecule has 0 saturated heterocycles. The molecule has 0 spiro atoms. The van der Waals surface area contributed by atoms with Crippen LogP contribution in [-0.4, -0.2) is 35.9 Å². The topological polar surface area (TPSA) is 111 Å². The Labute approximate surface area is 531 Å². The molecule has 6 aliphatic heterocycles. The molecule has 0 saturated carbocycles. The summed E-state index contributed by atoms with van der Waals surface area (Å²) in [6.45, 7) is -0.120. The molecule has 430 valence electrons. The van der Waals surface area contributed by atoms with Crippen molar-refractivity contribution >= 4 is 159 Å². The second kappa shape index (κ2) is 19.8. The number of para-hydroxylation sites is 9. The fraction of sp³-hybridized carbons (Fsp3) is 0. The van der Waals surface area contributed by atoms with Crippen molar-refractivity contribution in [1.82, 2.24) is 15.0 Å². The van der Waals surface area contributed by atoms with Gasteiger partial charge in [-0.1, -0.05) is 133 Å². The Bertz CT molecular complexity index is 5400. The van der Waals surface area contributed by atoms with E-state index >= 15 is 0 Å². The highest BCUT2D eigenvalue weighted by molar-refractivity contribution is 7.26. The Morgan fingerprint density at radius 1 is 0.293 bits per heavy atom. The van der Waals surface area contributed by atoms with Crippen molar-refractivity contribution in [3.63, 3.8) is 0 Å². The van der Waals surface area contributed by atoms with Crippen molar-refractivity contribution in [3.05, 3.63) is 280 Å². The van der Waals surface area contributed by atoms with Gasteiger partial charge in [-0.2, -0.15) is 0 Å². The van der Waals surface area contributed by atoms with Crippen molar-refractivity contribution in [1.29, 1.82) is 0 Å². The van der Waals surface area contributed by atoms with Gasteiger partial charge in [0, 0.05) is 56.2 Å². The lowest BCUT2D eigenvalue weighted by Gasteiger charge is -2.33. The number of nitrogens with zero attached hydrogens (tertiary/aromatic N) is 9. The molecule has 0 unspecified atom stereocenters. The van der Waals surface area contributed by atoms with E-state index in [-0.39, 0.29) is 20.9 Å². The summed E-state index contributed by atoms with van der Waals surface area (Å²) in [5, 5.41) is 4.86. The Morgan fingerprint density at radius 3 is 1.22 bits per heavy atom. The van der Waals surface area contributed by atoms with Gasteiger partial charge in [-0.15, -0.1) is 11.3 Å². The minimum Gasteiger partial charge on any atom is -0.461 e. The molecule has 0 atom stereocenters. The van der Waals surface area contributed by atoms with Gasteiger partial charge < -0.3 is 46.5 Å². The maximum atomic E-state index is 6.44. The molecule has 0 bridgehead atoms. The molecule has 0 amide bonds. The second-order valence-corrected chi connectivity index (χ2v) is 24.4. The Kier molecular flexibility index (Phi) is 11.0. The van der Waals surface area contributed by atoms with E-state index in [1.165, 1.54) is 48.6 Å². The summed E-state index contributed by atoms with van der Waals surface area (Å²) in [5.41, 5.74) is 21.5. The molecule has 0 N–H and O–H groups in total. The SMILES string of the molecule is c1ccc(N2B3c4cccnc4-c4occc4N3c3ccccc32)cc1.c1cnc2c(c1)B1N(c3ccccc3N1c1cccc3c1oc1ccccc13)c1ccoc1-2.c1cnc2c(c1)B1N(c3ccccc3N1c1cccc3c1sc1ccccc13)c1ccoc1-2. The zero-order valence-electron chi connectivity index (χ0n) is 48.9. The van der Waals surface area contributed by atoms with Crippen LogP contribution in [0.15, 0.2) is 298 Å². The van der Waals surface area contributed by atoms with Crippen LogP contribution in [-0.2, 0) is 0 Å². The van der Waals surface area contributed by atoms with Crippen LogP contribution in [0.25, 0.3) is 76.5 Å². The van der Waals surface area contributed by atoms with E-state index < -0.39 is 0 Å². The van der Waals surface area contributed by atoms with Crippen molar-refractivity contribution in [2.75, 3.05) is 28.9 Å². The number of rotatable bonds is 3. The average molecular weight is 1200 g/mol. The van der Waals surface area contributed by atoms with Crippen molar-refractivity contribution in [2.24, 2.45) is 0 Å². The van der Waals surface area contributed by atoms with Gasteiger partial charge in [0.15, 0.2) is 22.9 Å². The molecule has 14 heterocycles. The zero-order chi connectivity index (χ0) is 60.1. The molecular weight excluding hydrogens is 1160 g/mol. The summed E-state index contributed by atoms with van der Waals surface area (Å²) in [4.78, 5) is 28.4. The molecule has 13 nitrogen and oxygen atoms in total. The van der Waals surface area contributed by atoms with Crippen LogP contribution in [0.2, 0.25) is 0 Å². The molecular formula is C75H46B3N9O4S. The summed E-state index contributed by atoms with van der Waals surface area (Å²) in [6, 6.07) is 84.7. The predicted molar refractivity (Wildman–Crippen MR) is 374 cm³/mol. The van der Waals surface area contributed by atoms with E-state index in [2.05, 4.69) is 228 Å². The van der Waals surface area contributed by atoms with Crippen LogP contribution in [0.1, 0.15) is 0 Å². The Morgan fingerprint density at radius 2 is 0.685 bits per heavy atom. The molecule has 22 rings (SSSR count). The van der Waals surface area contributed by atoms with Gasteiger partial charge in [0.2, 0.25) is 0 Å². The number of pyridine rings is 3. The lowest BCUT2D eigenvalue weighted by Crippen LogP contribution is -2.55. The molecule has 92 heavy (non-hydrogen) atoms. The minimum atomic E-state index is -0.102. The Balaban J connectivity index is 0.0000000965. The fourth-order valence-corrected chi connectivity index (χ4v) is 16.3. The van der Waals surface area contributed by atoms with Gasteiger partial charge in [0.1, 0.15) is 22.7 Å². The third kappa shape index (κ3) is 7.18. The number of benzene rings is 8. The van der Waals surface area contributed by atoms with Gasteiger partial charge in [0.25, 0.3) is 0 Å². The average Bonchev–Trinajstić information content (AvgIpc) is 1.56. The molecule has 8 aromatic carbocycles. The van der Waals surface area contributed by atoms with Crippen molar-refractivity contribution in [3.8, 4) is 34.4 Å². The number of anilines is 12. The summed E-state index contributed by atoms with van der Waals surface area (Å²) in [5.74, 6) is 2.47. The number of hydrogen-bond donors (Lipinski definition) is 0. The number of thiophene rings is 1. The van der Waals surface area contributed by atoms with Gasteiger partial charge >= 0.3 is 20.9 Å². The third-order valence-electron chi connectivity index (χ3n) is 18.7. The molecule has 8 aromatic heterocycles. The fourth-order valence-electron chi connectivity index (χ4n) is 15.1. The van der Waals surface area contributed by atoms with Gasteiger partial charge in [-0.05, 0) is 126 Å². The summed E-state index contributed by atoms with van der Waals surface area (Å²) in [7, 11) is 0. The van der Waals surface area contributed by atoms with Crippen molar-refractivity contribution < 1.29 is 17.7 Å². The van der Waals surface area contributed by atoms with Gasteiger partial charge in [-0.25, -0.2) is 0 Å². The minimum absolute atomic E-state index is 0.0172. The van der Waals surface area contributed by atoms with Crippen LogP contribution < -0.4 is 45.3 Å².